The predicted molar refractivity (Wildman–Crippen MR) is 116 cm³/mol. The fourth-order valence-electron chi connectivity index (χ4n) is 3.21. The van der Waals surface area contributed by atoms with Gasteiger partial charge in [0.1, 0.15) is 28.8 Å². The van der Waals surface area contributed by atoms with E-state index in [-0.39, 0.29) is 5.69 Å². The van der Waals surface area contributed by atoms with Gasteiger partial charge in [-0.25, -0.2) is 0 Å². The maximum atomic E-state index is 12.9. The van der Waals surface area contributed by atoms with Crippen molar-refractivity contribution in [2.75, 3.05) is 19.0 Å². The lowest BCUT2D eigenvalue weighted by molar-refractivity contribution is -0.141. The first-order valence-corrected chi connectivity index (χ1v) is 11.9. The monoisotopic (exact) mass is 469 g/mol. The summed E-state index contributed by atoms with van der Waals surface area (Å²) in [5.74, 6) is 2.47. The normalized spacial score (nSPS) is 13.5. The van der Waals surface area contributed by atoms with Gasteiger partial charge in [-0.15, -0.1) is 23.1 Å². The number of thioether (sulfide) groups is 1. The average Bonchev–Trinajstić information content (AvgIpc) is 3.40. The Hall–Kier alpha value is -2.20. The Kier molecular flexibility index (Phi) is 6.76. The van der Waals surface area contributed by atoms with E-state index in [4.69, 9.17) is 9.47 Å². The molecule has 0 unspecified atom stereocenters. The molecule has 0 saturated heterocycles. The quantitative estimate of drug-likeness (QED) is 0.295. The second kappa shape index (κ2) is 9.52. The van der Waals surface area contributed by atoms with Crippen LogP contribution in [0.2, 0.25) is 0 Å². The molecule has 0 bridgehead atoms. The van der Waals surface area contributed by atoms with E-state index in [1.807, 2.05) is 11.2 Å². The number of ether oxygens (including phenoxy) is 2. The Labute approximate surface area is 186 Å². The molecule has 0 saturated carbocycles. The molecular weight excluding hydrogens is 447 g/mol. The minimum atomic E-state index is -4.48. The van der Waals surface area contributed by atoms with Gasteiger partial charge in [0.05, 0.1) is 10.6 Å². The zero-order valence-corrected chi connectivity index (χ0v) is 18.6. The number of aromatic nitrogens is 3. The number of hydrogen-bond acceptors (Lipinski definition) is 6. The standard InChI is InChI=1S/C21H22F3N3O2S2/c1-2-3-4-5-10-30-20-18-17(28-8-9-29-18)19(31-20)13-6-7-25-14(11-13)15-12-16(27-26-15)21(22,23)24/h6-7,11-12H,2-5,8-10H2,1H3,(H,26,27). The van der Waals surface area contributed by atoms with Crippen LogP contribution in [-0.2, 0) is 6.18 Å². The van der Waals surface area contributed by atoms with Crippen LogP contribution in [0.15, 0.2) is 28.6 Å². The highest BCUT2D eigenvalue weighted by atomic mass is 32.2. The number of rotatable bonds is 8. The third kappa shape index (κ3) is 5.01. The molecule has 0 fully saturated rings. The van der Waals surface area contributed by atoms with Crippen LogP contribution >= 0.6 is 23.1 Å². The molecule has 1 aliphatic rings. The zero-order valence-electron chi connectivity index (χ0n) is 16.9. The largest absolute Gasteiger partial charge is 0.485 e. The number of pyridine rings is 1. The third-order valence-corrected chi connectivity index (χ3v) is 7.31. The third-order valence-electron chi connectivity index (χ3n) is 4.77. The fourth-order valence-corrected chi connectivity index (χ4v) is 5.68. The van der Waals surface area contributed by atoms with Crippen molar-refractivity contribution in [3.05, 3.63) is 30.1 Å². The number of halogens is 3. The molecule has 4 rings (SSSR count). The van der Waals surface area contributed by atoms with E-state index < -0.39 is 11.9 Å². The van der Waals surface area contributed by atoms with Crippen molar-refractivity contribution in [3.8, 4) is 33.3 Å². The Morgan fingerprint density at radius 2 is 1.90 bits per heavy atom. The number of nitrogens with zero attached hydrogens (tertiary/aromatic N) is 2. The molecule has 31 heavy (non-hydrogen) atoms. The maximum Gasteiger partial charge on any atom is 0.432 e. The van der Waals surface area contributed by atoms with Crippen molar-refractivity contribution in [2.45, 2.75) is 43.0 Å². The van der Waals surface area contributed by atoms with Gasteiger partial charge in [-0.1, -0.05) is 26.2 Å². The second-order valence-electron chi connectivity index (χ2n) is 7.08. The Balaban J connectivity index is 1.61. The molecule has 3 aromatic heterocycles. The molecule has 0 atom stereocenters. The first-order chi connectivity index (χ1) is 15.0. The Morgan fingerprint density at radius 1 is 1.10 bits per heavy atom. The highest BCUT2D eigenvalue weighted by Crippen LogP contribution is 2.53. The maximum absolute atomic E-state index is 12.9. The topological polar surface area (TPSA) is 60.0 Å². The second-order valence-corrected chi connectivity index (χ2v) is 9.46. The van der Waals surface area contributed by atoms with Crippen molar-refractivity contribution in [1.29, 1.82) is 0 Å². The van der Waals surface area contributed by atoms with Crippen LogP contribution in [0.4, 0.5) is 13.2 Å². The summed E-state index contributed by atoms with van der Waals surface area (Å²) < 4.78 is 51.6. The molecule has 166 valence electrons. The van der Waals surface area contributed by atoms with Gasteiger partial charge < -0.3 is 9.47 Å². The smallest absolute Gasteiger partial charge is 0.432 e. The Morgan fingerprint density at radius 3 is 2.65 bits per heavy atom. The van der Waals surface area contributed by atoms with Gasteiger partial charge in [0.2, 0.25) is 0 Å². The van der Waals surface area contributed by atoms with Crippen LogP contribution < -0.4 is 9.47 Å². The zero-order chi connectivity index (χ0) is 21.8. The minimum absolute atomic E-state index is 0.141. The van der Waals surface area contributed by atoms with Crippen LogP contribution in [0.1, 0.15) is 38.3 Å². The first kappa shape index (κ1) is 22.0. The fraction of sp³-hybridized carbons (Fsp3) is 0.429. The van der Waals surface area contributed by atoms with Crippen molar-refractivity contribution in [1.82, 2.24) is 15.2 Å². The van der Waals surface area contributed by atoms with E-state index in [2.05, 4.69) is 17.0 Å². The van der Waals surface area contributed by atoms with Crippen LogP contribution in [0.3, 0.4) is 0 Å². The summed E-state index contributed by atoms with van der Waals surface area (Å²) in [6, 6.07) is 4.52. The predicted octanol–water partition coefficient (Wildman–Crippen LogP) is 6.66. The number of alkyl halides is 3. The molecular formula is C21H22F3N3O2S2. The van der Waals surface area contributed by atoms with Gasteiger partial charge in [0.25, 0.3) is 0 Å². The average molecular weight is 470 g/mol. The lowest BCUT2D eigenvalue weighted by Crippen LogP contribution is -2.14. The summed E-state index contributed by atoms with van der Waals surface area (Å²) >= 11 is 3.35. The first-order valence-electron chi connectivity index (χ1n) is 10.1. The van der Waals surface area contributed by atoms with Gasteiger partial charge in [0, 0.05) is 6.20 Å². The van der Waals surface area contributed by atoms with Crippen molar-refractivity contribution >= 4 is 23.1 Å². The number of hydrogen-bond donors (Lipinski definition) is 1. The van der Waals surface area contributed by atoms with E-state index in [0.29, 0.717) is 24.7 Å². The van der Waals surface area contributed by atoms with E-state index in [0.717, 1.165) is 38.6 Å². The number of thiophene rings is 1. The van der Waals surface area contributed by atoms with Gasteiger partial charge in [-0.05, 0) is 35.9 Å². The number of aromatic amines is 1. The molecule has 4 heterocycles. The van der Waals surface area contributed by atoms with Crippen LogP contribution in [0, 0.1) is 0 Å². The number of fused-ring (bicyclic) bond motifs is 1. The van der Waals surface area contributed by atoms with Crippen LogP contribution in [-0.4, -0.2) is 34.1 Å². The lowest BCUT2D eigenvalue weighted by Gasteiger charge is -2.17. The number of H-pyrrole nitrogens is 1. The molecule has 0 aromatic carbocycles. The van der Waals surface area contributed by atoms with E-state index in [9.17, 15) is 13.2 Å². The summed E-state index contributed by atoms with van der Waals surface area (Å²) in [7, 11) is 0. The van der Waals surface area contributed by atoms with Gasteiger partial charge >= 0.3 is 6.18 Å². The highest BCUT2D eigenvalue weighted by Gasteiger charge is 2.33. The highest BCUT2D eigenvalue weighted by molar-refractivity contribution is 8.01. The molecule has 1 aliphatic heterocycles. The number of unbranched alkanes of at least 4 members (excludes halogenated alkanes) is 3. The summed E-state index contributed by atoms with van der Waals surface area (Å²) in [6.07, 6.45) is 1.87. The van der Waals surface area contributed by atoms with E-state index >= 15 is 0 Å². The molecule has 0 amide bonds. The van der Waals surface area contributed by atoms with Gasteiger partial charge in [-0.3, -0.25) is 10.1 Å². The minimum Gasteiger partial charge on any atom is -0.485 e. The van der Waals surface area contributed by atoms with E-state index in [1.54, 1.807) is 35.4 Å². The lowest BCUT2D eigenvalue weighted by atomic mass is 10.1. The van der Waals surface area contributed by atoms with Crippen LogP contribution in [0.5, 0.6) is 11.5 Å². The summed E-state index contributed by atoms with van der Waals surface area (Å²) in [4.78, 5) is 5.09. The van der Waals surface area contributed by atoms with Crippen molar-refractivity contribution in [3.63, 3.8) is 0 Å². The summed E-state index contributed by atoms with van der Waals surface area (Å²) in [5.41, 5.74) is 0.409. The molecule has 10 heteroatoms. The van der Waals surface area contributed by atoms with Gasteiger partial charge in [0.15, 0.2) is 11.5 Å². The summed E-state index contributed by atoms with van der Waals surface area (Å²) in [5, 5.41) is 5.82. The molecule has 3 aromatic rings. The molecule has 1 N–H and O–H groups in total. The van der Waals surface area contributed by atoms with Crippen molar-refractivity contribution in [2.24, 2.45) is 0 Å². The number of nitrogens with one attached hydrogen (secondary N) is 1. The molecule has 5 nitrogen and oxygen atoms in total. The molecule has 0 spiro atoms. The van der Waals surface area contributed by atoms with Crippen molar-refractivity contribution < 1.29 is 22.6 Å². The van der Waals surface area contributed by atoms with Gasteiger partial charge in [-0.2, -0.15) is 18.3 Å². The molecule has 0 aliphatic carbocycles. The summed E-state index contributed by atoms with van der Waals surface area (Å²) in [6.45, 7) is 3.15. The Bertz CT molecular complexity index is 1030. The molecule has 0 radical (unpaired) electrons. The van der Waals surface area contributed by atoms with Crippen LogP contribution in [0.25, 0.3) is 21.8 Å². The van der Waals surface area contributed by atoms with E-state index in [1.165, 1.54) is 19.3 Å². The SMILES string of the molecule is CCCCCCSc1sc(-c2ccnc(-c3cc(C(F)(F)F)[nH]n3)c2)c2c1OCCO2.